The zero-order chi connectivity index (χ0) is 18.9. The van der Waals surface area contributed by atoms with Crippen molar-refractivity contribution >= 4 is 11.9 Å². The van der Waals surface area contributed by atoms with Crippen LogP contribution in [0.15, 0.2) is 30.3 Å². The molecule has 1 aromatic carbocycles. The molecule has 0 aliphatic carbocycles. The largest absolute Gasteiger partial charge is 0.373 e. The summed E-state index contributed by atoms with van der Waals surface area (Å²) in [6.07, 6.45) is 0.761. The third-order valence-corrected chi connectivity index (χ3v) is 4.99. The zero-order valence-corrected chi connectivity index (χ0v) is 16.1. The van der Waals surface area contributed by atoms with Crippen LogP contribution in [0.5, 0.6) is 0 Å². The Labute approximate surface area is 155 Å². The number of carbonyl (C=O) groups is 2. The van der Waals surface area contributed by atoms with Crippen molar-refractivity contribution in [3.8, 4) is 0 Å². The average molecular weight is 359 g/mol. The van der Waals surface area contributed by atoms with Gasteiger partial charge < -0.3 is 10.1 Å². The maximum Gasteiger partial charge on any atom is 0.326 e. The van der Waals surface area contributed by atoms with E-state index in [0.29, 0.717) is 26.2 Å². The van der Waals surface area contributed by atoms with Crippen LogP contribution < -0.4 is 5.32 Å². The summed E-state index contributed by atoms with van der Waals surface area (Å²) < 4.78 is 5.75. The number of nitrogens with zero attached hydrogens (tertiary/aromatic N) is 2. The van der Waals surface area contributed by atoms with Gasteiger partial charge in [0.2, 0.25) is 0 Å². The summed E-state index contributed by atoms with van der Waals surface area (Å²) in [5, 5.41) is 3.01. The molecule has 6 heteroatoms. The highest BCUT2D eigenvalue weighted by atomic mass is 16.5. The third-order valence-electron chi connectivity index (χ3n) is 4.99. The van der Waals surface area contributed by atoms with Crippen molar-refractivity contribution in [3.05, 3.63) is 35.9 Å². The lowest BCUT2D eigenvalue weighted by Crippen LogP contribution is -2.51. The summed E-state index contributed by atoms with van der Waals surface area (Å²) in [6.45, 7) is 9.89. The number of ether oxygens (including phenoxy) is 1. The highest BCUT2D eigenvalue weighted by Gasteiger charge is 2.52. The first-order chi connectivity index (χ1) is 12.3. The topological polar surface area (TPSA) is 61.9 Å². The van der Waals surface area contributed by atoms with Gasteiger partial charge in [0.25, 0.3) is 5.91 Å². The van der Waals surface area contributed by atoms with E-state index < -0.39 is 5.54 Å². The Kier molecular flexibility index (Phi) is 5.34. The molecule has 3 rings (SSSR count). The van der Waals surface area contributed by atoms with Gasteiger partial charge in [-0.25, -0.2) is 9.69 Å². The maximum atomic E-state index is 13.4. The molecule has 0 bridgehead atoms. The molecular weight excluding hydrogens is 330 g/mol. The van der Waals surface area contributed by atoms with Gasteiger partial charge in [-0.3, -0.25) is 9.69 Å². The van der Waals surface area contributed by atoms with Crippen molar-refractivity contribution in [1.82, 2.24) is 15.1 Å². The van der Waals surface area contributed by atoms with Crippen molar-refractivity contribution in [2.75, 3.05) is 19.8 Å². The van der Waals surface area contributed by atoms with E-state index >= 15 is 0 Å². The van der Waals surface area contributed by atoms with Crippen LogP contribution in [0.1, 0.15) is 39.7 Å². The molecule has 6 nitrogen and oxygen atoms in total. The zero-order valence-electron chi connectivity index (χ0n) is 16.1. The van der Waals surface area contributed by atoms with Crippen LogP contribution >= 0.6 is 0 Å². The van der Waals surface area contributed by atoms with Crippen molar-refractivity contribution in [1.29, 1.82) is 0 Å². The van der Waals surface area contributed by atoms with E-state index in [-0.39, 0.29) is 30.1 Å². The smallest absolute Gasteiger partial charge is 0.326 e. The monoisotopic (exact) mass is 359 g/mol. The minimum Gasteiger partial charge on any atom is -0.373 e. The Morgan fingerprint density at radius 2 is 1.77 bits per heavy atom. The van der Waals surface area contributed by atoms with Gasteiger partial charge in [0, 0.05) is 13.1 Å². The summed E-state index contributed by atoms with van der Waals surface area (Å²) in [5.41, 5.74) is -0.131. The second-order valence-corrected chi connectivity index (χ2v) is 7.97. The predicted octanol–water partition coefficient (Wildman–Crippen LogP) is 2.55. The molecule has 0 aromatic heterocycles. The Balaban J connectivity index is 1.85. The van der Waals surface area contributed by atoms with Crippen molar-refractivity contribution in [2.24, 2.45) is 5.92 Å². The number of rotatable bonds is 5. The summed E-state index contributed by atoms with van der Waals surface area (Å²) in [4.78, 5) is 29.6. The van der Waals surface area contributed by atoms with Gasteiger partial charge in [-0.05, 0) is 31.7 Å². The van der Waals surface area contributed by atoms with E-state index in [1.807, 2.05) is 44.2 Å². The quantitative estimate of drug-likeness (QED) is 0.821. The number of amides is 3. The van der Waals surface area contributed by atoms with Gasteiger partial charge in [0.1, 0.15) is 5.54 Å². The van der Waals surface area contributed by atoms with Gasteiger partial charge >= 0.3 is 6.03 Å². The van der Waals surface area contributed by atoms with Crippen LogP contribution in [-0.2, 0) is 15.1 Å². The Bertz CT molecular complexity index is 654. The van der Waals surface area contributed by atoms with E-state index in [2.05, 4.69) is 24.1 Å². The number of nitrogens with one attached hydrogen (secondary N) is 1. The third kappa shape index (κ3) is 3.62. The fourth-order valence-corrected chi connectivity index (χ4v) is 4.14. The van der Waals surface area contributed by atoms with Crippen molar-refractivity contribution in [3.63, 3.8) is 0 Å². The molecule has 2 saturated heterocycles. The van der Waals surface area contributed by atoms with E-state index in [0.717, 1.165) is 5.56 Å². The van der Waals surface area contributed by atoms with E-state index in [4.69, 9.17) is 4.74 Å². The predicted molar refractivity (Wildman–Crippen MR) is 99.4 cm³/mol. The number of carbonyl (C=O) groups excluding carboxylic acids is 2. The van der Waals surface area contributed by atoms with Gasteiger partial charge in [-0.2, -0.15) is 0 Å². The van der Waals surface area contributed by atoms with E-state index in [9.17, 15) is 9.59 Å². The maximum absolute atomic E-state index is 13.4. The second-order valence-electron chi connectivity index (χ2n) is 7.97. The molecule has 142 valence electrons. The lowest BCUT2D eigenvalue weighted by Gasteiger charge is -2.37. The summed E-state index contributed by atoms with van der Waals surface area (Å²) >= 11 is 0. The van der Waals surface area contributed by atoms with E-state index in [1.54, 1.807) is 0 Å². The molecule has 2 fully saturated rings. The minimum absolute atomic E-state index is 0.0917. The van der Waals surface area contributed by atoms with E-state index in [1.165, 1.54) is 4.90 Å². The number of benzene rings is 1. The first-order valence-electron chi connectivity index (χ1n) is 9.39. The molecule has 0 radical (unpaired) electrons. The summed E-state index contributed by atoms with van der Waals surface area (Å²) in [6, 6.07) is 9.26. The molecule has 0 saturated carbocycles. The highest BCUT2D eigenvalue weighted by molar-refractivity contribution is 6.07. The molecule has 0 unspecified atom stereocenters. The van der Waals surface area contributed by atoms with Gasteiger partial charge in [-0.15, -0.1) is 0 Å². The normalized spacial score (nSPS) is 30.1. The van der Waals surface area contributed by atoms with Gasteiger partial charge in [0.15, 0.2) is 0 Å². The first kappa shape index (κ1) is 18.9. The fourth-order valence-electron chi connectivity index (χ4n) is 4.14. The molecule has 2 aliphatic heterocycles. The lowest BCUT2D eigenvalue weighted by molar-refractivity contribution is -0.136. The molecule has 0 spiro atoms. The molecule has 2 aliphatic rings. The number of urea groups is 1. The minimum atomic E-state index is -0.976. The molecular formula is C20H29N3O3. The SMILES string of the molecule is CC(C)C[C@]1(c2ccccc2)NC(=O)N(CN2C[C@@H](C)O[C@@H](C)C2)C1=O. The molecule has 26 heavy (non-hydrogen) atoms. The van der Waals surface area contributed by atoms with Crippen LogP contribution in [0.2, 0.25) is 0 Å². The van der Waals surface area contributed by atoms with Crippen LogP contribution in [-0.4, -0.2) is 53.7 Å². The number of morpholine rings is 1. The standard InChI is InChI=1S/C20H29N3O3/c1-14(2)10-20(17-8-6-5-7-9-17)18(24)23(19(25)21-20)13-22-11-15(3)26-16(4)12-22/h5-9,14-16H,10-13H2,1-4H3,(H,21,25)/t15-,16+,20-/m1/s1. The fraction of sp³-hybridized carbons (Fsp3) is 0.600. The highest BCUT2D eigenvalue weighted by Crippen LogP contribution is 2.35. The number of hydrogen-bond donors (Lipinski definition) is 1. The van der Waals surface area contributed by atoms with Gasteiger partial charge in [-0.1, -0.05) is 44.2 Å². The lowest BCUT2D eigenvalue weighted by atomic mass is 9.82. The summed E-state index contributed by atoms with van der Waals surface area (Å²) in [7, 11) is 0. The van der Waals surface area contributed by atoms with Gasteiger partial charge in [0.05, 0.1) is 18.9 Å². The summed E-state index contributed by atoms with van der Waals surface area (Å²) in [5.74, 6) is 0.108. The average Bonchev–Trinajstić information content (AvgIpc) is 2.79. The van der Waals surface area contributed by atoms with Crippen LogP contribution in [0.25, 0.3) is 0 Å². The number of imide groups is 1. The van der Waals surface area contributed by atoms with Crippen LogP contribution in [0.3, 0.4) is 0 Å². The van der Waals surface area contributed by atoms with Crippen molar-refractivity contribution in [2.45, 2.75) is 51.9 Å². The Morgan fingerprint density at radius 1 is 1.15 bits per heavy atom. The molecule has 3 atom stereocenters. The molecule has 1 N–H and O–H groups in total. The molecule has 3 amide bonds. The van der Waals surface area contributed by atoms with Crippen molar-refractivity contribution < 1.29 is 14.3 Å². The second kappa shape index (κ2) is 7.37. The number of hydrogen-bond acceptors (Lipinski definition) is 4. The van der Waals surface area contributed by atoms with Crippen LogP contribution in [0.4, 0.5) is 4.79 Å². The first-order valence-corrected chi connectivity index (χ1v) is 9.39. The molecule has 2 heterocycles. The Morgan fingerprint density at radius 3 is 2.35 bits per heavy atom. The Hall–Kier alpha value is -1.92. The van der Waals surface area contributed by atoms with Crippen LogP contribution in [0, 0.1) is 5.92 Å². The molecule has 1 aromatic rings.